The van der Waals surface area contributed by atoms with Gasteiger partial charge in [0.1, 0.15) is 24.4 Å². The lowest BCUT2D eigenvalue weighted by atomic mass is 9.88. The first-order valence-corrected chi connectivity index (χ1v) is 6.58. The third kappa shape index (κ3) is 2.89. The Kier molecular flexibility index (Phi) is 4.82. The fourth-order valence-electron chi connectivity index (χ4n) is 2.22. The maximum Gasteiger partial charge on any atom is 0.222 e. The summed E-state index contributed by atoms with van der Waals surface area (Å²) in [5, 5.41) is 51.3. The molecule has 1 aromatic rings. The number of thiocarbonyl (C=S) groups is 1. The van der Waals surface area contributed by atoms with Gasteiger partial charge >= 0.3 is 0 Å². The standard InChI is InChI=1S/C13H15NO6S/c15-5-9-10(16)11(17)12(18)13(19,20-9)7-1-3-8(4-2-7)14-6-21/h1-4,9-12,15-19H,5H2/t9-,10-,11+,12+,13+/m1/s1. The minimum Gasteiger partial charge on any atom is -0.394 e. The van der Waals surface area contributed by atoms with Crippen LogP contribution >= 0.6 is 12.2 Å². The van der Waals surface area contributed by atoms with Crippen molar-refractivity contribution in [3.63, 3.8) is 0 Å². The molecule has 1 aliphatic rings. The van der Waals surface area contributed by atoms with E-state index in [9.17, 15) is 20.4 Å². The lowest BCUT2D eigenvalue weighted by Crippen LogP contribution is -2.63. The van der Waals surface area contributed by atoms with E-state index < -0.39 is 36.8 Å². The van der Waals surface area contributed by atoms with Crippen molar-refractivity contribution in [3.05, 3.63) is 29.8 Å². The number of hydrogen-bond acceptors (Lipinski definition) is 8. The van der Waals surface area contributed by atoms with Gasteiger partial charge in [-0.1, -0.05) is 12.1 Å². The minimum absolute atomic E-state index is 0.141. The Morgan fingerprint density at radius 3 is 2.33 bits per heavy atom. The van der Waals surface area contributed by atoms with Crippen LogP contribution in [-0.2, 0) is 10.5 Å². The molecule has 21 heavy (non-hydrogen) atoms. The van der Waals surface area contributed by atoms with E-state index in [1.54, 1.807) is 0 Å². The van der Waals surface area contributed by atoms with Gasteiger partial charge in [0, 0.05) is 5.56 Å². The molecule has 114 valence electrons. The van der Waals surface area contributed by atoms with Crippen LogP contribution in [0.15, 0.2) is 29.3 Å². The van der Waals surface area contributed by atoms with Crippen LogP contribution in [0.25, 0.3) is 0 Å². The van der Waals surface area contributed by atoms with Gasteiger partial charge in [-0.25, -0.2) is 0 Å². The molecule has 0 amide bonds. The molecular weight excluding hydrogens is 298 g/mol. The van der Waals surface area contributed by atoms with Gasteiger partial charge in [-0.2, -0.15) is 4.99 Å². The molecule has 0 radical (unpaired) electrons. The van der Waals surface area contributed by atoms with Crippen molar-refractivity contribution in [2.75, 3.05) is 6.61 Å². The van der Waals surface area contributed by atoms with Gasteiger partial charge < -0.3 is 30.3 Å². The Morgan fingerprint density at radius 2 is 1.81 bits per heavy atom. The van der Waals surface area contributed by atoms with E-state index in [-0.39, 0.29) is 5.56 Å². The van der Waals surface area contributed by atoms with Crippen LogP contribution < -0.4 is 0 Å². The highest BCUT2D eigenvalue weighted by Gasteiger charge is 2.53. The Balaban J connectivity index is 2.36. The van der Waals surface area contributed by atoms with Gasteiger partial charge in [0.05, 0.1) is 17.5 Å². The second kappa shape index (κ2) is 6.27. The van der Waals surface area contributed by atoms with E-state index >= 15 is 0 Å². The number of aliphatic hydroxyl groups is 5. The number of aliphatic imine (C=N–C) groups is 1. The fourth-order valence-corrected chi connectivity index (χ4v) is 2.33. The number of aliphatic hydroxyl groups excluding tert-OH is 4. The third-order valence-corrected chi connectivity index (χ3v) is 3.51. The summed E-state index contributed by atoms with van der Waals surface area (Å²) in [6.45, 7) is -0.624. The van der Waals surface area contributed by atoms with Crippen molar-refractivity contribution in [1.29, 1.82) is 0 Å². The van der Waals surface area contributed by atoms with Crippen molar-refractivity contribution in [1.82, 2.24) is 0 Å². The molecular formula is C13H15NO6S. The van der Waals surface area contributed by atoms with E-state index in [2.05, 4.69) is 22.4 Å². The second-order valence-electron chi connectivity index (χ2n) is 4.71. The Hall–Kier alpha value is -1.22. The average Bonchev–Trinajstić information content (AvgIpc) is 2.50. The zero-order valence-electron chi connectivity index (χ0n) is 10.8. The maximum atomic E-state index is 10.5. The normalized spacial score (nSPS) is 36.0. The molecule has 0 aromatic heterocycles. The first-order chi connectivity index (χ1) is 9.93. The minimum atomic E-state index is -2.26. The Morgan fingerprint density at radius 1 is 1.19 bits per heavy atom. The van der Waals surface area contributed by atoms with E-state index in [0.29, 0.717) is 5.69 Å². The molecule has 1 heterocycles. The van der Waals surface area contributed by atoms with Crippen LogP contribution in [0.1, 0.15) is 5.56 Å². The molecule has 8 heteroatoms. The zero-order chi connectivity index (χ0) is 15.6. The van der Waals surface area contributed by atoms with E-state index in [4.69, 9.17) is 9.84 Å². The van der Waals surface area contributed by atoms with E-state index in [0.717, 1.165) is 0 Å². The van der Waals surface area contributed by atoms with Crippen molar-refractivity contribution in [2.45, 2.75) is 30.2 Å². The summed E-state index contributed by atoms with van der Waals surface area (Å²) < 4.78 is 5.18. The number of hydrogen-bond donors (Lipinski definition) is 5. The van der Waals surface area contributed by atoms with Crippen molar-refractivity contribution in [3.8, 4) is 0 Å². The zero-order valence-corrected chi connectivity index (χ0v) is 11.6. The summed E-state index contributed by atoms with van der Waals surface area (Å²) in [4.78, 5) is 3.74. The molecule has 0 bridgehead atoms. The van der Waals surface area contributed by atoms with Crippen molar-refractivity contribution in [2.24, 2.45) is 4.99 Å². The lowest BCUT2D eigenvalue weighted by molar-refractivity contribution is -0.357. The molecule has 1 fully saturated rings. The molecule has 0 saturated carbocycles. The molecule has 5 atom stereocenters. The van der Waals surface area contributed by atoms with Crippen LogP contribution in [0.4, 0.5) is 5.69 Å². The molecule has 5 N–H and O–H groups in total. The summed E-state index contributed by atoms with van der Waals surface area (Å²) in [5.41, 5.74) is 0.629. The quantitative estimate of drug-likeness (QED) is 0.360. The predicted molar refractivity (Wildman–Crippen MR) is 75.0 cm³/mol. The molecule has 0 spiro atoms. The summed E-state index contributed by atoms with van der Waals surface area (Å²) in [5.74, 6) is -2.26. The fraction of sp³-hybridized carbons (Fsp3) is 0.462. The number of isothiocyanates is 1. The average molecular weight is 313 g/mol. The van der Waals surface area contributed by atoms with Crippen LogP contribution in [0.3, 0.4) is 0 Å². The van der Waals surface area contributed by atoms with Gasteiger partial charge in [0.2, 0.25) is 5.79 Å². The van der Waals surface area contributed by atoms with Crippen molar-refractivity contribution < 1.29 is 30.3 Å². The van der Waals surface area contributed by atoms with Gasteiger partial charge in [-0.3, -0.25) is 0 Å². The highest BCUT2D eigenvalue weighted by molar-refractivity contribution is 7.78. The number of ether oxygens (including phenoxy) is 1. The van der Waals surface area contributed by atoms with Gasteiger partial charge in [-0.15, -0.1) is 0 Å². The predicted octanol–water partition coefficient (Wildman–Crippen LogP) is -0.960. The van der Waals surface area contributed by atoms with Crippen LogP contribution in [0.5, 0.6) is 0 Å². The summed E-state index contributed by atoms with van der Waals surface area (Å²) in [6, 6.07) is 5.86. The lowest BCUT2D eigenvalue weighted by Gasteiger charge is -2.45. The van der Waals surface area contributed by atoms with E-state index in [1.165, 1.54) is 24.3 Å². The largest absolute Gasteiger partial charge is 0.394 e. The first-order valence-electron chi connectivity index (χ1n) is 6.17. The van der Waals surface area contributed by atoms with Crippen LogP contribution in [0, 0.1) is 0 Å². The van der Waals surface area contributed by atoms with E-state index in [1.807, 2.05) is 0 Å². The smallest absolute Gasteiger partial charge is 0.222 e. The summed E-state index contributed by atoms with van der Waals surface area (Å²) in [6.07, 6.45) is -6.19. The highest BCUT2D eigenvalue weighted by Crippen LogP contribution is 2.36. The Labute approximate surface area is 125 Å². The first kappa shape index (κ1) is 16.2. The summed E-state index contributed by atoms with van der Waals surface area (Å²) >= 11 is 4.47. The molecule has 1 saturated heterocycles. The summed E-state index contributed by atoms with van der Waals surface area (Å²) in [7, 11) is 0. The van der Waals surface area contributed by atoms with Crippen LogP contribution in [-0.4, -0.2) is 61.7 Å². The highest BCUT2D eigenvalue weighted by atomic mass is 32.1. The number of benzene rings is 1. The van der Waals surface area contributed by atoms with Gasteiger partial charge in [-0.05, 0) is 24.4 Å². The van der Waals surface area contributed by atoms with Crippen molar-refractivity contribution >= 4 is 23.1 Å². The monoisotopic (exact) mass is 313 g/mol. The molecule has 0 unspecified atom stereocenters. The molecule has 0 aliphatic carbocycles. The molecule has 1 aromatic carbocycles. The third-order valence-electron chi connectivity index (χ3n) is 3.42. The Bertz CT molecular complexity index is 544. The second-order valence-corrected chi connectivity index (χ2v) is 4.89. The van der Waals surface area contributed by atoms with Gasteiger partial charge in [0.25, 0.3) is 0 Å². The van der Waals surface area contributed by atoms with Gasteiger partial charge in [0.15, 0.2) is 0 Å². The maximum absolute atomic E-state index is 10.5. The topological polar surface area (TPSA) is 123 Å². The van der Waals surface area contributed by atoms with Crippen LogP contribution in [0.2, 0.25) is 0 Å². The number of rotatable bonds is 3. The molecule has 1 aliphatic heterocycles. The number of nitrogens with zero attached hydrogens (tertiary/aromatic N) is 1. The SMILES string of the molecule is OC[C@H]1O[C@@](O)(c2ccc(N=C=S)cc2)[C@@H](O)[C@@H](O)[C@@H]1O. The molecule has 2 rings (SSSR count). The molecule has 7 nitrogen and oxygen atoms in total.